The molecule has 1 N–H and O–H groups in total. The molecule has 15 heavy (non-hydrogen) atoms. The molecule has 0 bridgehead atoms. The van der Waals surface area contributed by atoms with Crippen molar-refractivity contribution in [2.45, 2.75) is 11.7 Å². The van der Waals surface area contributed by atoms with Gasteiger partial charge in [-0.2, -0.15) is 0 Å². The van der Waals surface area contributed by atoms with Crippen LogP contribution in [0.4, 0.5) is 5.69 Å². The monoisotopic (exact) mass is 223 g/mol. The predicted octanol–water partition coefficient (Wildman–Crippen LogP) is 2.27. The summed E-state index contributed by atoms with van der Waals surface area (Å²) in [5.41, 5.74) is 1.17. The second kappa shape index (κ2) is 7.72. The standard InChI is InChI=1S/C9H12N.2CH3O.Al/c1-2-8-10-9-6-4-3-5-7-9;2*1-2;/h3-7,10H,1-2,8H2;2*1H3;/q;2*-1;+2. The first-order valence-corrected chi connectivity index (χ1v) is 6.97. The lowest BCUT2D eigenvalue weighted by Crippen LogP contribution is -2.19. The van der Waals surface area contributed by atoms with Crippen LogP contribution in [0.1, 0.15) is 6.42 Å². The fourth-order valence-electron chi connectivity index (χ4n) is 1.39. The predicted molar refractivity (Wildman–Crippen MR) is 64.1 cm³/mol. The molecule has 1 aromatic carbocycles. The molecule has 0 saturated carbocycles. The van der Waals surface area contributed by atoms with E-state index in [4.69, 9.17) is 7.58 Å². The first-order valence-electron chi connectivity index (χ1n) is 5.21. The molecule has 0 saturated heterocycles. The second-order valence-electron chi connectivity index (χ2n) is 3.34. The van der Waals surface area contributed by atoms with Crippen LogP contribution in [0.3, 0.4) is 0 Å². The SMILES string of the molecule is C[O][Al]([CH2]CCNc1ccccc1)[O]C. The summed E-state index contributed by atoms with van der Waals surface area (Å²) >= 11 is -1.36. The Morgan fingerprint density at radius 2 is 1.80 bits per heavy atom. The molecule has 0 radical (unpaired) electrons. The lowest BCUT2D eigenvalue weighted by atomic mass is 10.3. The normalized spacial score (nSPS) is 10.0. The number of para-hydroxylation sites is 1. The van der Waals surface area contributed by atoms with Gasteiger partial charge in [-0.1, -0.05) is 18.2 Å². The van der Waals surface area contributed by atoms with Gasteiger partial charge in [-0.3, -0.25) is 0 Å². The van der Waals surface area contributed by atoms with Gasteiger partial charge in [0.25, 0.3) is 0 Å². The highest BCUT2D eigenvalue weighted by atomic mass is 27.2. The van der Waals surface area contributed by atoms with E-state index < -0.39 is 14.8 Å². The van der Waals surface area contributed by atoms with Gasteiger partial charge in [0.05, 0.1) is 0 Å². The van der Waals surface area contributed by atoms with Gasteiger partial charge in [0.15, 0.2) is 0 Å². The van der Waals surface area contributed by atoms with E-state index in [1.165, 1.54) is 5.69 Å². The molecule has 82 valence electrons. The van der Waals surface area contributed by atoms with Crippen LogP contribution in [-0.4, -0.2) is 35.6 Å². The first-order chi connectivity index (χ1) is 7.36. The lowest BCUT2D eigenvalue weighted by molar-refractivity contribution is 0.277. The van der Waals surface area contributed by atoms with Crippen molar-refractivity contribution in [2.24, 2.45) is 0 Å². The fraction of sp³-hybridized carbons (Fsp3) is 0.455. The van der Waals surface area contributed by atoms with Crippen molar-refractivity contribution >= 4 is 20.5 Å². The smallest absolute Gasteiger partial charge is 0.481 e. The summed E-state index contributed by atoms with van der Waals surface area (Å²) in [5, 5.41) is 4.41. The van der Waals surface area contributed by atoms with Crippen molar-refractivity contribution in [3.63, 3.8) is 0 Å². The molecule has 0 amide bonds. The second-order valence-corrected chi connectivity index (χ2v) is 5.72. The molecular weight excluding hydrogens is 205 g/mol. The van der Waals surface area contributed by atoms with Gasteiger partial charge < -0.3 is 12.9 Å². The topological polar surface area (TPSA) is 30.5 Å². The maximum Gasteiger partial charge on any atom is 0.674 e. The highest BCUT2D eigenvalue weighted by molar-refractivity contribution is 6.44. The highest BCUT2D eigenvalue weighted by Gasteiger charge is 2.20. The zero-order chi connectivity index (χ0) is 10.9. The van der Waals surface area contributed by atoms with Gasteiger partial charge in [0, 0.05) is 26.5 Å². The van der Waals surface area contributed by atoms with E-state index in [0.29, 0.717) is 0 Å². The third-order valence-electron chi connectivity index (χ3n) is 2.25. The summed E-state index contributed by atoms with van der Waals surface area (Å²) in [4.78, 5) is 0. The summed E-state index contributed by atoms with van der Waals surface area (Å²) in [6.45, 7) is 0.972. The highest BCUT2D eigenvalue weighted by Crippen LogP contribution is 2.06. The van der Waals surface area contributed by atoms with Crippen molar-refractivity contribution in [3.8, 4) is 0 Å². The number of hydrogen-bond donors (Lipinski definition) is 1. The average molecular weight is 223 g/mol. The fourth-order valence-corrected chi connectivity index (χ4v) is 2.59. The summed E-state index contributed by atoms with van der Waals surface area (Å²) in [7, 11) is 3.45. The van der Waals surface area contributed by atoms with Crippen molar-refractivity contribution in [1.29, 1.82) is 0 Å². The Bertz CT molecular complexity index is 252. The van der Waals surface area contributed by atoms with E-state index >= 15 is 0 Å². The quantitative estimate of drug-likeness (QED) is 0.568. The van der Waals surface area contributed by atoms with E-state index in [2.05, 4.69) is 17.4 Å². The third-order valence-corrected chi connectivity index (χ3v) is 4.18. The van der Waals surface area contributed by atoms with Crippen LogP contribution in [0.15, 0.2) is 30.3 Å². The average Bonchev–Trinajstić information content (AvgIpc) is 2.31. The van der Waals surface area contributed by atoms with Gasteiger partial charge in [0.2, 0.25) is 0 Å². The zero-order valence-electron chi connectivity index (χ0n) is 9.40. The van der Waals surface area contributed by atoms with Crippen LogP contribution < -0.4 is 5.32 Å². The molecule has 1 rings (SSSR count). The van der Waals surface area contributed by atoms with E-state index in [1.54, 1.807) is 14.2 Å². The number of anilines is 1. The van der Waals surface area contributed by atoms with Gasteiger partial charge >= 0.3 is 14.8 Å². The maximum atomic E-state index is 5.24. The van der Waals surface area contributed by atoms with Gasteiger partial charge in [0.1, 0.15) is 0 Å². The van der Waals surface area contributed by atoms with Crippen LogP contribution >= 0.6 is 0 Å². The van der Waals surface area contributed by atoms with Gasteiger partial charge in [-0.15, -0.1) is 0 Å². The number of hydrogen-bond acceptors (Lipinski definition) is 3. The lowest BCUT2D eigenvalue weighted by Gasteiger charge is -2.08. The molecule has 0 aromatic heterocycles. The van der Waals surface area contributed by atoms with Crippen LogP contribution in [0, 0.1) is 0 Å². The summed E-state index contributed by atoms with van der Waals surface area (Å²) in [6.07, 6.45) is 1.09. The molecule has 0 heterocycles. The molecule has 0 aliphatic carbocycles. The van der Waals surface area contributed by atoms with Crippen molar-refractivity contribution < 1.29 is 7.58 Å². The van der Waals surface area contributed by atoms with Gasteiger partial charge in [-0.25, -0.2) is 0 Å². The molecule has 0 atom stereocenters. The zero-order valence-corrected chi connectivity index (χ0v) is 10.6. The number of rotatable bonds is 7. The van der Waals surface area contributed by atoms with E-state index in [-0.39, 0.29) is 0 Å². The van der Waals surface area contributed by atoms with Crippen molar-refractivity contribution in [3.05, 3.63) is 30.3 Å². The van der Waals surface area contributed by atoms with E-state index in [9.17, 15) is 0 Å². The molecule has 0 spiro atoms. The van der Waals surface area contributed by atoms with Gasteiger partial charge in [-0.05, 0) is 23.8 Å². The Morgan fingerprint density at radius 1 is 1.13 bits per heavy atom. The molecular formula is C11H18AlNO2. The minimum absolute atomic E-state index is 0.972. The Morgan fingerprint density at radius 3 is 2.40 bits per heavy atom. The molecule has 4 heteroatoms. The van der Waals surface area contributed by atoms with Crippen molar-refractivity contribution in [1.82, 2.24) is 0 Å². The molecule has 1 aromatic rings. The molecule has 3 nitrogen and oxygen atoms in total. The summed E-state index contributed by atoms with van der Waals surface area (Å²) in [5.74, 6) is 0. The first kappa shape index (κ1) is 12.5. The van der Waals surface area contributed by atoms with E-state index in [0.717, 1.165) is 18.2 Å². The number of nitrogens with one attached hydrogen (secondary N) is 1. The minimum atomic E-state index is -1.36. The Kier molecular flexibility index (Phi) is 6.46. The van der Waals surface area contributed by atoms with E-state index in [1.807, 2.05) is 18.2 Å². The maximum absolute atomic E-state index is 5.24. The van der Waals surface area contributed by atoms with Crippen LogP contribution in [-0.2, 0) is 7.58 Å². The van der Waals surface area contributed by atoms with Crippen LogP contribution in [0.5, 0.6) is 0 Å². The Hall–Kier alpha value is -0.528. The van der Waals surface area contributed by atoms with Crippen LogP contribution in [0.25, 0.3) is 0 Å². The Labute approximate surface area is 96.5 Å². The minimum Gasteiger partial charge on any atom is -0.481 e. The molecule has 0 unspecified atom stereocenters. The summed E-state index contributed by atoms with van der Waals surface area (Å²) in [6, 6.07) is 10.2. The largest absolute Gasteiger partial charge is 0.674 e. The Balaban J connectivity index is 2.12. The molecule has 0 aliphatic rings. The van der Waals surface area contributed by atoms with Crippen molar-refractivity contribution in [2.75, 3.05) is 26.1 Å². The summed E-state index contributed by atoms with van der Waals surface area (Å²) < 4.78 is 10.5. The molecule has 0 fully saturated rings. The third kappa shape index (κ3) is 5.20. The van der Waals surface area contributed by atoms with Crippen LogP contribution in [0.2, 0.25) is 5.28 Å². The number of benzene rings is 1. The molecule has 0 aliphatic heterocycles.